The molecule has 0 unspecified atom stereocenters. The van der Waals surface area contributed by atoms with Crippen LogP contribution in [0.25, 0.3) is 10.9 Å². The number of carbonyl (C=O) groups is 1. The lowest BCUT2D eigenvalue weighted by molar-refractivity contribution is -0.125. The van der Waals surface area contributed by atoms with E-state index in [-0.39, 0.29) is 16.7 Å². The normalized spacial score (nSPS) is 17.7. The molecule has 0 aliphatic carbocycles. The van der Waals surface area contributed by atoms with Crippen molar-refractivity contribution in [3.8, 4) is 0 Å². The van der Waals surface area contributed by atoms with Crippen molar-refractivity contribution in [3.63, 3.8) is 0 Å². The molecule has 1 aromatic carbocycles. The van der Waals surface area contributed by atoms with Gasteiger partial charge in [-0.15, -0.1) is 0 Å². The van der Waals surface area contributed by atoms with Crippen LogP contribution >= 0.6 is 0 Å². The van der Waals surface area contributed by atoms with Crippen LogP contribution in [0.1, 0.15) is 38.8 Å². The third-order valence-electron chi connectivity index (χ3n) is 5.37. The van der Waals surface area contributed by atoms with E-state index in [0.717, 1.165) is 36.9 Å². The summed E-state index contributed by atoms with van der Waals surface area (Å²) in [6.07, 6.45) is 3.91. The van der Waals surface area contributed by atoms with E-state index < -0.39 is 9.84 Å². The fourth-order valence-corrected chi connectivity index (χ4v) is 4.27. The summed E-state index contributed by atoms with van der Waals surface area (Å²) in [7, 11) is -3.31. The molecule has 0 spiro atoms. The van der Waals surface area contributed by atoms with Crippen molar-refractivity contribution in [2.75, 3.05) is 30.8 Å². The summed E-state index contributed by atoms with van der Waals surface area (Å²) in [5, 5.41) is 3.88. The Morgan fingerprint density at radius 2 is 2.07 bits per heavy atom. The number of sulfone groups is 1. The topological polar surface area (TPSA) is 92.3 Å². The van der Waals surface area contributed by atoms with E-state index in [0.29, 0.717) is 30.5 Å². The number of carbonyl (C=O) groups excluding carboxylic acids is 1. The zero-order chi connectivity index (χ0) is 21.2. The largest absolute Gasteiger partial charge is 0.356 e. The van der Waals surface area contributed by atoms with Crippen LogP contribution in [0.5, 0.6) is 0 Å². The molecule has 3 rings (SSSR count). The van der Waals surface area contributed by atoms with E-state index in [1.54, 1.807) is 18.2 Å². The number of hydrogen-bond donors (Lipinski definition) is 1. The highest BCUT2D eigenvalue weighted by atomic mass is 32.2. The van der Waals surface area contributed by atoms with Crippen LogP contribution in [0, 0.1) is 18.8 Å². The van der Waals surface area contributed by atoms with Crippen molar-refractivity contribution < 1.29 is 13.2 Å². The summed E-state index contributed by atoms with van der Waals surface area (Å²) in [5.41, 5.74) is 1.41. The van der Waals surface area contributed by atoms with Gasteiger partial charge in [0.05, 0.1) is 22.0 Å². The molecule has 1 N–H and O–H groups in total. The lowest BCUT2D eigenvalue weighted by Gasteiger charge is -2.32. The Hall–Kier alpha value is -2.22. The molecule has 158 valence electrons. The quantitative estimate of drug-likeness (QED) is 0.775. The number of anilines is 1. The Morgan fingerprint density at radius 1 is 1.31 bits per heavy atom. The summed E-state index contributed by atoms with van der Waals surface area (Å²) in [4.78, 5) is 24.1. The van der Waals surface area contributed by atoms with Gasteiger partial charge in [-0.05, 0) is 50.3 Å². The molecule has 2 heterocycles. The van der Waals surface area contributed by atoms with Crippen LogP contribution in [0.15, 0.2) is 23.1 Å². The van der Waals surface area contributed by atoms with Crippen molar-refractivity contribution in [2.45, 2.75) is 44.9 Å². The first-order valence-electron chi connectivity index (χ1n) is 10.2. The molecule has 1 amide bonds. The van der Waals surface area contributed by atoms with Crippen molar-refractivity contribution in [2.24, 2.45) is 11.8 Å². The summed E-state index contributed by atoms with van der Waals surface area (Å²) in [6.45, 7) is 8.24. The highest BCUT2D eigenvalue weighted by Crippen LogP contribution is 2.25. The first-order chi connectivity index (χ1) is 13.6. The minimum Gasteiger partial charge on any atom is -0.356 e. The highest BCUT2D eigenvalue weighted by Gasteiger charge is 2.27. The van der Waals surface area contributed by atoms with Gasteiger partial charge in [0.2, 0.25) is 11.9 Å². The Labute approximate surface area is 172 Å². The molecule has 1 aliphatic heterocycles. The molecule has 0 bridgehead atoms. The van der Waals surface area contributed by atoms with E-state index in [1.165, 1.54) is 6.26 Å². The third kappa shape index (κ3) is 5.23. The molecule has 7 nitrogen and oxygen atoms in total. The lowest BCUT2D eigenvalue weighted by Crippen LogP contribution is -2.44. The predicted molar refractivity (Wildman–Crippen MR) is 115 cm³/mol. The average molecular weight is 419 g/mol. The Balaban J connectivity index is 1.81. The zero-order valence-corrected chi connectivity index (χ0v) is 18.4. The standard InChI is InChI=1S/C21H30N4O3S/c1-14(2)9-10-22-20(26)16-6-5-11-25(13-16)21-23-15(3)18-8-7-17(29(4,27)28)12-19(18)24-21/h7-8,12,14,16H,5-6,9-11,13H2,1-4H3,(H,22,26)/t16-/m1/s1. The van der Waals surface area contributed by atoms with Gasteiger partial charge in [-0.2, -0.15) is 0 Å². The first kappa shape index (κ1) is 21.5. The second-order valence-corrected chi connectivity index (χ2v) is 10.3. The zero-order valence-electron chi connectivity index (χ0n) is 17.6. The molecule has 1 aliphatic rings. The number of hydrogen-bond acceptors (Lipinski definition) is 6. The van der Waals surface area contributed by atoms with Gasteiger partial charge in [0, 0.05) is 31.3 Å². The molecule has 29 heavy (non-hydrogen) atoms. The number of benzene rings is 1. The molecular formula is C21H30N4O3S. The van der Waals surface area contributed by atoms with Crippen LogP contribution in [0.2, 0.25) is 0 Å². The fourth-order valence-electron chi connectivity index (χ4n) is 3.63. The van der Waals surface area contributed by atoms with Crippen LogP contribution in [-0.2, 0) is 14.6 Å². The number of amides is 1. The minimum absolute atomic E-state index is 0.0853. The van der Waals surface area contributed by atoms with Gasteiger partial charge < -0.3 is 10.2 Å². The van der Waals surface area contributed by atoms with Crippen molar-refractivity contribution >= 4 is 32.6 Å². The van der Waals surface area contributed by atoms with Crippen molar-refractivity contribution in [1.29, 1.82) is 0 Å². The average Bonchev–Trinajstić information content (AvgIpc) is 2.66. The smallest absolute Gasteiger partial charge is 0.226 e. The Bertz CT molecular complexity index is 1000. The predicted octanol–water partition coefficient (Wildman–Crippen LogP) is 2.72. The summed E-state index contributed by atoms with van der Waals surface area (Å²) in [5.74, 6) is 1.12. The molecule has 1 atom stereocenters. The van der Waals surface area contributed by atoms with E-state index >= 15 is 0 Å². The van der Waals surface area contributed by atoms with Gasteiger partial charge in [0.25, 0.3) is 0 Å². The van der Waals surface area contributed by atoms with Gasteiger partial charge in [0.1, 0.15) is 0 Å². The second kappa shape index (κ2) is 8.65. The molecular weight excluding hydrogens is 388 g/mol. The number of piperidine rings is 1. The van der Waals surface area contributed by atoms with E-state index in [1.807, 2.05) is 11.8 Å². The second-order valence-electron chi connectivity index (χ2n) is 8.32. The number of aromatic nitrogens is 2. The number of aryl methyl sites for hydroxylation is 1. The van der Waals surface area contributed by atoms with Crippen LogP contribution in [-0.4, -0.2) is 50.2 Å². The van der Waals surface area contributed by atoms with E-state index in [4.69, 9.17) is 0 Å². The molecule has 1 fully saturated rings. The van der Waals surface area contributed by atoms with E-state index in [9.17, 15) is 13.2 Å². The molecule has 2 aromatic rings. The van der Waals surface area contributed by atoms with Crippen molar-refractivity contribution in [1.82, 2.24) is 15.3 Å². The molecule has 1 aromatic heterocycles. The van der Waals surface area contributed by atoms with Gasteiger partial charge in [-0.3, -0.25) is 4.79 Å². The maximum absolute atomic E-state index is 12.5. The molecule has 0 radical (unpaired) electrons. The first-order valence-corrected chi connectivity index (χ1v) is 12.1. The minimum atomic E-state index is -3.31. The van der Waals surface area contributed by atoms with Crippen LogP contribution < -0.4 is 10.2 Å². The van der Waals surface area contributed by atoms with Gasteiger partial charge in [-0.25, -0.2) is 18.4 Å². The van der Waals surface area contributed by atoms with E-state index in [2.05, 4.69) is 29.1 Å². The van der Waals surface area contributed by atoms with Gasteiger partial charge in [-0.1, -0.05) is 13.8 Å². The number of fused-ring (bicyclic) bond motifs is 1. The maximum atomic E-state index is 12.5. The van der Waals surface area contributed by atoms with Crippen molar-refractivity contribution in [3.05, 3.63) is 23.9 Å². The number of nitrogens with one attached hydrogen (secondary N) is 1. The van der Waals surface area contributed by atoms with Crippen LogP contribution in [0.4, 0.5) is 5.95 Å². The Kier molecular flexibility index (Phi) is 6.41. The maximum Gasteiger partial charge on any atom is 0.226 e. The third-order valence-corrected chi connectivity index (χ3v) is 6.48. The summed E-state index contributed by atoms with van der Waals surface area (Å²) in [6, 6.07) is 4.95. The van der Waals surface area contributed by atoms with Gasteiger partial charge >= 0.3 is 0 Å². The Morgan fingerprint density at radius 3 is 2.76 bits per heavy atom. The lowest BCUT2D eigenvalue weighted by atomic mass is 9.97. The molecule has 0 saturated carbocycles. The highest BCUT2D eigenvalue weighted by molar-refractivity contribution is 7.90. The fraction of sp³-hybridized carbons (Fsp3) is 0.571. The summed E-state index contributed by atoms with van der Waals surface area (Å²) < 4.78 is 23.8. The number of rotatable bonds is 6. The summed E-state index contributed by atoms with van der Waals surface area (Å²) >= 11 is 0. The number of nitrogens with zero attached hydrogens (tertiary/aromatic N) is 3. The van der Waals surface area contributed by atoms with Gasteiger partial charge in [0.15, 0.2) is 9.84 Å². The van der Waals surface area contributed by atoms with Crippen LogP contribution in [0.3, 0.4) is 0 Å². The SMILES string of the molecule is Cc1nc(N2CCC[C@@H](C(=O)NCCC(C)C)C2)nc2cc(S(C)(=O)=O)ccc12. The molecule has 8 heteroatoms. The monoisotopic (exact) mass is 418 g/mol. The molecule has 1 saturated heterocycles.